The average Bonchev–Trinajstić information content (AvgIpc) is 2.92. The average molecular weight is 557 g/mol. The number of methoxy groups -OCH3 is 2. The van der Waals surface area contributed by atoms with Gasteiger partial charge in [0.2, 0.25) is 5.91 Å². The standard InChI is InChI=1S/C33H52N2O5/c1-22(2)27(17-26-13-14-31(39-7)32(18-26)40-16-8-15-38-6)19-29(34)30(36)20-28(23(3)4)33(37)35-21-25-11-9-24(5)10-12-25/h9-14,18,22-23,27-30,36H,8,15-17,19-21,34H2,1-7H3,(H,35,37). The van der Waals surface area contributed by atoms with Crippen molar-refractivity contribution < 1.29 is 24.1 Å². The lowest BCUT2D eigenvalue weighted by Crippen LogP contribution is -2.42. The van der Waals surface area contributed by atoms with Crippen LogP contribution in [-0.4, -0.2) is 50.6 Å². The van der Waals surface area contributed by atoms with Crippen molar-refractivity contribution in [3.63, 3.8) is 0 Å². The number of hydrogen-bond acceptors (Lipinski definition) is 6. The van der Waals surface area contributed by atoms with Crippen LogP contribution >= 0.6 is 0 Å². The number of amides is 1. The van der Waals surface area contributed by atoms with Gasteiger partial charge < -0.3 is 30.4 Å². The second-order valence-electron chi connectivity index (χ2n) is 11.6. The molecule has 2 rings (SSSR count). The second-order valence-corrected chi connectivity index (χ2v) is 11.6. The highest BCUT2D eigenvalue weighted by Crippen LogP contribution is 2.31. The molecule has 2 aromatic rings. The van der Waals surface area contributed by atoms with Gasteiger partial charge in [-0.2, -0.15) is 0 Å². The summed E-state index contributed by atoms with van der Waals surface area (Å²) in [5, 5.41) is 14.2. The first-order chi connectivity index (χ1) is 19.0. The zero-order chi connectivity index (χ0) is 29.7. The van der Waals surface area contributed by atoms with Crippen LogP contribution in [0.1, 0.15) is 63.6 Å². The van der Waals surface area contributed by atoms with Gasteiger partial charge in [-0.25, -0.2) is 0 Å². The Bertz CT molecular complexity index is 1010. The molecule has 0 saturated heterocycles. The molecule has 7 nitrogen and oxygen atoms in total. The second kappa shape index (κ2) is 17.3. The van der Waals surface area contributed by atoms with E-state index in [1.54, 1.807) is 14.2 Å². The van der Waals surface area contributed by atoms with Crippen molar-refractivity contribution >= 4 is 5.91 Å². The minimum absolute atomic E-state index is 0.0431. The van der Waals surface area contributed by atoms with Crippen molar-refractivity contribution in [2.45, 2.75) is 79.0 Å². The lowest BCUT2D eigenvalue weighted by atomic mass is 9.81. The van der Waals surface area contributed by atoms with E-state index in [-0.39, 0.29) is 23.7 Å². The van der Waals surface area contributed by atoms with Crippen LogP contribution in [0.25, 0.3) is 0 Å². The molecule has 4 N–H and O–H groups in total. The summed E-state index contributed by atoms with van der Waals surface area (Å²) >= 11 is 0. The summed E-state index contributed by atoms with van der Waals surface area (Å²) in [6.07, 6.45) is 1.83. The highest BCUT2D eigenvalue weighted by molar-refractivity contribution is 5.78. The fraction of sp³-hybridized carbons (Fsp3) is 0.606. The maximum Gasteiger partial charge on any atom is 0.223 e. The third kappa shape index (κ3) is 11.1. The summed E-state index contributed by atoms with van der Waals surface area (Å²) < 4.78 is 16.6. The van der Waals surface area contributed by atoms with Gasteiger partial charge in [0, 0.05) is 38.6 Å². The lowest BCUT2D eigenvalue weighted by Gasteiger charge is -2.30. The third-order valence-electron chi connectivity index (χ3n) is 7.71. The van der Waals surface area contributed by atoms with E-state index in [0.29, 0.717) is 44.3 Å². The summed E-state index contributed by atoms with van der Waals surface area (Å²) in [7, 11) is 3.32. The van der Waals surface area contributed by atoms with E-state index in [1.165, 1.54) is 5.56 Å². The molecule has 0 heterocycles. The number of aliphatic hydroxyl groups is 1. The Labute approximate surface area is 241 Å². The van der Waals surface area contributed by atoms with Crippen LogP contribution in [0.5, 0.6) is 11.5 Å². The predicted octanol–water partition coefficient (Wildman–Crippen LogP) is 5.29. The highest BCUT2D eigenvalue weighted by atomic mass is 16.5. The smallest absolute Gasteiger partial charge is 0.223 e. The Hall–Kier alpha value is -2.61. The minimum atomic E-state index is -0.769. The van der Waals surface area contributed by atoms with E-state index in [1.807, 2.05) is 57.2 Å². The Balaban J connectivity index is 2.00. The van der Waals surface area contributed by atoms with Gasteiger partial charge in [-0.3, -0.25) is 4.79 Å². The molecule has 0 radical (unpaired) electrons. The van der Waals surface area contributed by atoms with E-state index >= 15 is 0 Å². The van der Waals surface area contributed by atoms with Gasteiger partial charge in [0.05, 0.1) is 19.8 Å². The van der Waals surface area contributed by atoms with Gasteiger partial charge >= 0.3 is 0 Å². The maximum atomic E-state index is 13.1. The van der Waals surface area contributed by atoms with Crippen molar-refractivity contribution in [3.05, 3.63) is 59.2 Å². The van der Waals surface area contributed by atoms with Crippen LogP contribution in [0.3, 0.4) is 0 Å². The zero-order valence-electron chi connectivity index (χ0n) is 25.6. The Kier molecular flexibility index (Phi) is 14.5. The number of rotatable bonds is 18. The lowest BCUT2D eigenvalue weighted by molar-refractivity contribution is -0.127. The molecule has 1 amide bonds. The van der Waals surface area contributed by atoms with Crippen LogP contribution in [0, 0.1) is 30.6 Å². The molecule has 7 heteroatoms. The number of carbonyl (C=O) groups is 1. The molecule has 0 bridgehead atoms. The highest BCUT2D eigenvalue weighted by Gasteiger charge is 2.29. The van der Waals surface area contributed by atoms with Gasteiger partial charge in [-0.1, -0.05) is 63.6 Å². The summed E-state index contributed by atoms with van der Waals surface area (Å²) in [6.45, 7) is 12.1. The van der Waals surface area contributed by atoms with Crippen LogP contribution in [0.15, 0.2) is 42.5 Å². The minimum Gasteiger partial charge on any atom is -0.493 e. The van der Waals surface area contributed by atoms with E-state index < -0.39 is 12.1 Å². The zero-order valence-corrected chi connectivity index (χ0v) is 25.6. The number of ether oxygens (including phenoxy) is 3. The summed E-state index contributed by atoms with van der Waals surface area (Å²) in [5.41, 5.74) is 9.95. The molecule has 0 aliphatic heterocycles. The Morgan fingerprint density at radius 1 is 0.925 bits per heavy atom. The molecule has 0 saturated carbocycles. The van der Waals surface area contributed by atoms with Crippen molar-refractivity contribution in [2.24, 2.45) is 29.4 Å². The first-order valence-electron chi connectivity index (χ1n) is 14.6. The van der Waals surface area contributed by atoms with E-state index in [9.17, 15) is 9.90 Å². The van der Waals surface area contributed by atoms with Gasteiger partial charge in [-0.15, -0.1) is 0 Å². The number of aryl methyl sites for hydroxylation is 1. The summed E-state index contributed by atoms with van der Waals surface area (Å²) in [5.74, 6) is 1.77. The molecule has 4 unspecified atom stereocenters. The fourth-order valence-electron chi connectivity index (χ4n) is 4.89. The van der Waals surface area contributed by atoms with Crippen molar-refractivity contribution in [1.29, 1.82) is 0 Å². The topological polar surface area (TPSA) is 103 Å². The molecule has 224 valence electrons. The number of carbonyl (C=O) groups excluding carboxylic acids is 1. The fourth-order valence-corrected chi connectivity index (χ4v) is 4.89. The van der Waals surface area contributed by atoms with Gasteiger partial charge in [0.1, 0.15) is 0 Å². The van der Waals surface area contributed by atoms with Gasteiger partial charge in [-0.05, 0) is 67.2 Å². The van der Waals surface area contributed by atoms with Crippen LogP contribution in [-0.2, 0) is 22.5 Å². The van der Waals surface area contributed by atoms with Crippen molar-refractivity contribution in [2.75, 3.05) is 27.4 Å². The maximum absolute atomic E-state index is 13.1. The van der Waals surface area contributed by atoms with Crippen LogP contribution in [0.2, 0.25) is 0 Å². The molecule has 4 atom stereocenters. The van der Waals surface area contributed by atoms with Crippen molar-refractivity contribution in [3.8, 4) is 11.5 Å². The van der Waals surface area contributed by atoms with Gasteiger partial charge in [0.15, 0.2) is 11.5 Å². The molecule has 0 aliphatic rings. The molecule has 0 aliphatic carbocycles. The predicted molar refractivity (Wildman–Crippen MR) is 162 cm³/mol. The van der Waals surface area contributed by atoms with E-state index in [2.05, 4.69) is 25.2 Å². The molecule has 0 fully saturated rings. The Morgan fingerprint density at radius 2 is 1.60 bits per heavy atom. The Morgan fingerprint density at radius 3 is 2.20 bits per heavy atom. The van der Waals surface area contributed by atoms with Gasteiger partial charge in [0.25, 0.3) is 0 Å². The van der Waals surface area contributed by atoms with Crippen LogP contribution < -0.4 is 20.5 Å². The molecule has 40 heavy (non-hydrogen) atoms. The number of nitrogens with one attached hydrogen (secondary N) is 1. The van der Waals surface area contributed by atoms with E-state index in [0.717, 1.165) is 29.7 Å². The van der Waals surface area contributed by atoms with Crippen molar-refractivity contribution in [1.82, 2.24) is 5.32 Å². The van der Waals surface area contributed by atoms with Crippen LogP contribution in [0.4, 0.5) is 0 Å². The quantitative estimate of drug-likeness (QED) is 0.216. The summed E-state index contributed by atoms with van der Waals surface area (Å²) in [4.78, 5) is 13.1. The normalized spacial score (nSPS) is 14.6. The number of benzene rings is 2. The number of hydrogen-bond donors (Lipinski definition) is 3. The first kappa shape index (κ1) is 33.6. The largest absolute Gasteiger partial charge is 0.493 e. The molecule has 2 aromatic carbocycles. The summed E-state index contributed by atoms with van der Waals surface area (Å²) in [6, 6.07) is 13.7. The number of nitrogens with two attached hydrogens (primary N) is 1. The SMILES string of the molecule is COCCCOc1cc(CC(CC(N)C(O)CC(C(=O)NCc2ccc(C)cc2)C(C)C)C(C)C)ccc1OC. The molecular weight excluding hydrogens is 504 g/mol. The molecule has 0 aromatic heterocycles. The molecular formula is C33H52N2O5. The first-order valence-corrected chi connectivity index (χ1v) is 14.6. The third-order valence-corrected chi connectivity index (χ3v) is 7.71. The monoisotopic (exact) mass is 556 g/mol. The molecule has 0 spiro atoms. The van der Waals surface area contributed by atoms with E-state index in [4.69, 9.17) is 19.9 Å². The number of aliphatic hydroxyl groups excluding tert-OH is 1.